The summed E-state index contributed by atoms with van der Waals surface area (Å²) in [4.78, 5) is 12.1. The van der Waals surface area contributed by atoms with Crippen molar-refractivity contribution in [2.75, 3.05) is 13.2 Å². The highest BCUT2D eigenvalue weighted by atomic mass is 16.5. The molecule has 17 heavy (non-hydrogen) atoms. The van der Waals surface area contributed by atoms with Gasteiger partial charge in [-0.3, -0.25) is 4.79 Å². The van der Waals surface area contributed by atoms with E-state index in [-0.39, 0.29) is 12.0 Å². The van der Waals surface area contributed by atoms with E-state index in [0.717, 1.165) is 45.1 Å². The molecule has 98 valence electrons. The molecule has 1 unspecified atom stereocenters. The first kappa shape index (κ1) is 12.8. The van der Waals surface area contributed by atoms with E-state index in [1.54, 1.807) is 0 Å². The number of nitrogens with one attached hydrogen (secondary N) is 1. The Labute approximate surface area is 103 Å². The molecule has 1 atom stereocenters. The molecule has 1 amide bonds. The zero-order chi connectivity index (χ0) is 12.1. The summed E-state index contributed by atoms with van der Waals surface area (Å²) >= 11 is 0. The van der Waals surface area contributed by atoms with E-state index in [4.69, 9.17) is 10.5 Å². The van der Waals surface area contributed by atoms with Crippen LogP contribution >= 0.6 is 0 Å². The number of carbonyl (C=O) groups excluding carboxylic acids is 1. The molecule has 2 aliphatic rings. The molecule has 0 aromatic heterocycles. The van der Waals surface area contributed by atoms with E-state index in [9.17, 15) is 4.79 Å². The highest BCUT2D eigenvalue weighted by Gasteiger charge is 2.35. The Morgan fingerprint density at radius 3 is 2.65 bits per heavy atom. The standard InChI is InChI=1S/C13H24N2O2/c14-13(7-3-1-4-8-13)12(16)15-10-11-6-2-5-9-17-11/h11H,1-10,14H2,(H,15,16). The van der Waals surface area contributed by atoms with E-state index in [2.05, 4.69) is 5.32 Å². The summed E-state index contributed by atoms with van der Waals surface area (Å²) in [6, 6.07) is 0. The minimum atomic E-state index is -0.618. The first-order valence-electron chi connectivity index (χ1n) is 6.89. The average molecular weight is 240 g/mol. The van der Waals surface area contributed by atoms with Crippen molar-refractivity contribution < 1.29 is 9.53 Å². The van der Waals surface area contributed by atoms with Crippen LogP contribution in [-0.4, -0.2) is 30.7 Å². The van der Waals surface area contributed by atoms with Crippen LogP contribution in [0.3, 0.4) is 0 Å². The van der Waals surface area contributed by atoms with Crippen molar-refractivity contribution in [3.63, 3.8) is 0 Å². The normalized spacial score (nSPS) is 28.6. The van der Waals surface area contributed by atoms with Crippen molar-refractivity contribution in [3.05, 3.63) is 0 Å². The van der Waals surface area contributed by atoms with E-state index in [1.807, 2.05) is 0 Å². The van der Waals surface area contributed by atoms with Gasteiger partial charge in [0.15, 0.2) is 0 Å². The molecule has 0 aromatic carbocycles. The van der Waals surface area contributed by atoms with Crippen molar-refractivity contribution in [1.29, 1.82) is 0 Å². The molecule has 0 radical (unpaired) electrons. The molecule has 4 nitrogen and oxygen atoms in total. The van der Waals surface area contributed by atoms with Crippen LogP contribution in [0.25, 0.3) is 0 Å². The molecule has 4 heteroatoms. The molecule has 0 bridgehead atoms. The van der Waals surface area contributed by atoms with Crippen molar-refractivity contribution in [2.24, 2.45) is 5.73 Å². The second-order valence-electron chi connectivity index (χ2n) is 5.42. The smallest absolute Gasteiger partial charge is 0.240 e. The number of amides is 1. The van der Waals surface area contributed by atoms with Crippen LogP contribution in [0, 0.1) is 0 Å². The monoisotopic (exact) mass is 240 g/mol. The van der Waals surface area contributed by atoms with E-state index >= 15 is 0 Å². The Kier molecular flexibility index (Phi) is 4.40. The van der Waals surface area contributed by atoms with E-state index in [1.165, 1.54) is 12.8 Å². The summed E-state index contributed by atoms with van der Waals surface area (Å²) in [5.41, 5.74) is 5.55. The van der Waals surface area contributed by atoms with Gasteiger partial charge in [0.05, 0.1) is 11.6 Å². The van der Waals surface area contributed by atoms with Crippen LogP contribution in [0.15, 0.2) is 0 Å². The van der Waals surface area contributed by atoms with Crippen LogP contribution in [0.2, 0.25) is 0 Å². The number of hydrogen-bond donors (Lipinski definition) is 2. The number of rotatable bonds is 3. The van der Waals surface area contributed by atoms with Crippen molar-refractivity contribution in [1.82, 2.24) is 5.32 Å². The largest absolute Gasteiger partial charge is 0.376 e. The lowest BCUT2D eigenvalue weighted by Gasteiger charge is -2.32. The Hall–Kier alpha value is -0.610. The van der Waals surface area contributed by atoms with Crippen molar-refractivity contribution in [2.45, 2.75) is 63.0 Å². The molecular formula is C13H24N2O2. The molecule has 1 aliphatic heterocycles. The third-order valence-electron chi connectivity index (χ3n) is 3.96. The molecule has 1 saturated carbocycles. The van der Waals surface area contributed by atoms with Crippen LogP contribution in [-0.2, 0) is 9.53 Å². The highest BCUT2D eigenvalue weighted by molar-refractivity contribution is 5.86. The van der Waals surface area contributed by atoms with Crippen LogP contribution in [0.1, 0.15) is 51.4 Å². The van der Waals surface area contributed by atoms with Gasteiger partial charge in [0.1, 0.15) is 0 Å². The predicted octanol–water partition coefficient (Wildman–Crippen LogP) is 1.33. The van der Waals surface area contributed by atoms with Crippen LogP contribution < -0.4 is 11.1 Å². The van der Waals surface area contributed by atoms with Gasteiger partial charge < -0.3 is 15.8 Å². The first-order chi connectivity index (χ1) is 8.21. The molecule has 1 aliphatic carbocycles. The minimum Gasteiger partial charge on any atom is -0.376 e. The van der Waals surface area contributed by atoms with Gasteiger partial charge in [-0.25, -0.2) is 0 Å². The van der Waals surface area contributed by atoms with Gasteiger partial charge in [-0.1, -0.05) is 19.3 Å². The lowest BCUT2D eigenvalue weighted by molar-refractivity contribution is -0.128. The molecule has 0 spiro atoms. The topological polar surface area (TPSA) is 64.4 Å². The fourth-order valence-corrected chi connectivity index (χ4v) is 2.76. The van der Waals surface area contributed by atoms with Gasteiger partial charge in [-0.05, 0) is 32.1 Å². The van der Waals surface area contributed by atoms with E-state index < -0.39 is 5.54 Å². The van der Waals surface area contributed by atoms with Gasteiger partial charge in [-0.15, -0.1) is 0 Å². The third kappa shape index (κ3) is 3.42. The minimum absolute atomic E-state index is 0.0198. The third-order valence-corrected chi connectivity index (χ3v) is 3.96. The fourth-order valence-electron chi connectivity index (χ4n) is 2.76. The Morgan fingerprint density at radius 1 is 1.24 bits per heavy atom. The van der Waals surface area contributed by atoms with Crippen molar-refractivity contribution >= 4 is 5.91 Å². The molecule has 1 heterocycles. The number of nitrogens with two attached hydrogens (primary N) is 1. The lowest BCUT2D eigenvalue weighted by atomic mass is 9.82. The molecule has 2 rings (SSSR count). The maximum Gasteiger partial charge on any atom is 0.240 e. The maximum absolute atomic E-state index is 12.1. The summed E-state index contributed by atoms with van der Waals surface area (Å²) in [6.45, 7) is 1.45. The molecular weight excluding hydrogens is 216 g/mol. The predicted molar refractivity (Wildman–Crippen MR) is 66.6 cm³/mol. The number of carbonyl (C=O) groups is 1. The maximum atomic E-state index is 12.1. The Morgan fingerprint density at radius 2 is 2.00 bits per heavy atom. The Balaban J connectivity index is 1.75. The lowest BCUT2D eigenvalue weighted by Crippen LogP contribution is -2.56. The van der Waals surface area contributed by atoms with Gasteiger partial charge in [0.25, 0.3) is 0 Å². The molecule has 0 aromatic rings. The first-order valence-corrected chi connectivity index (χ1v) is 6.89. The fraction of sp³-hybridized carbons (Fsp3) is 0.923. The number of ether oxygens (including phenoxy) is 1. The molecule has 1 saturated heterocycles. The number of hydrogen-bond acceptors (Lipinski definition) is 3. The van der Waals surface area contributed by atoms with Crippen LogP contribution in [0.4, 0.5) is 0 Å². The zero-order valence-corrected chi connectivity index (χ0v) is 10.5. The summed E-state index contributed by atoms with van der Waals surface area (Å²) in [7, 11) is 0. The second-order valence-corrected chi connectivity index (χ2v) is 5.42. The highest BCUT2D eigenvalue weighted by Crippen LogP contribution is 2.26. The quantitative estimate of drug-likeness (QED) is 0.782. The average Bonchev–Trinajstić information content (AvgIpc) is 2.38. The van der Waals surface area contributed by atoms with Gasteiger partial charge in [0, 0.05) is 13.2 Å². The molecule has 2 fully saturated rings. The van der Waals surface area contributed by atoms with Gasteiger partial charge in [-0.2, -0.15) is 0 Å². The van der Waals surface area contributed by atoms with Gasteiger partial charge >= 0.3 is 0 Å². The van der Waals surface area contributed by atoms with Crippen molar-refractivity contribution in [3.8, 4) is 0 Å². The van der Waals surface area contributed by atoms with E-state index in [0.29, 0.717) is 6.54 Å². The Bertz CT molecular complexity index is 256. The van der Waals surface area contributed by atoms with Gasteiger partial charge in [0.2, 0.25) is 5.91 Å². The second kappa shape index (κ2) is 5.83. The molecule has 3 N–H and O–H groups in total. The summed E-state index contributed by atoms with van der Waals surface area (Å²) in [6.07, 6.45) is 8.59. The zero-order valence-electron chi connectivity index (χ0n) is 10.5. The summed E-state index contributed by atoms with van der Waals surface area (Å²) in [5.74, 6) is 0.0198. The summed E-state index contributed by atoms with van der Waals surface area (Å²) < 4.78 is 5.59. The SMILES string of the molecule is NC1(C(=O)NCC2CCCCO2)CCCCC1. The summed E-state index contributed by atoms with van der Waals surface area (Å²) in [5, 5.41) is 2.97. The van der Waals surface area contributed by atoms with Crippen LogP contribution in [0.5, 0.6) is 0 Å².